The van der Waals surface area contributed by atoms with Gasteiger partial charge in [-0.25, -0.2) is 5.43 Å². The van der Waals surface area contributed by atoms with Crippen molar-refractivity contribution in [3.63, 3.8) is 0 Å². The average molecular weight is 481 g/mol. The predicted molar refractivity (Wildman–Crippen MR) is 130 cm³/mol. The van der Waals surface area contributed by atoms with Crippen LogP contribution in [0.3, 0.4) is 0 Å². The summed E-state index contributed by atoms with van der Waals surface area (Å²) >= 11 is 6.05. The van der Waals surface area contributed by atoms with E-state index in [9.17, 15) is 19.7 Å². The summed E-state index contributed by atoms with van der Waals surface area (Å²) in [6, 6.07) is 15.6. The molecular formula is C24H21ClN4O5. The monoisotopic (exact) mass is 480 g/mol. The highest BCUT2D eigenvalue weighted by molar-refractivity contribution is 6.30. The van der Waals surface area contributed by atoms with E-state index in [1.165, 1.54) is 24.4 Å². The van der Waals surface area contributed by atoms with Crippen LogP contribution < -0.4 is 15.5 Å². The summed E-state index contributed by atoms with van der Waals surface area (Å²) in [4.78, 5) is 34.8. The molecule has 0 saturated heterocycles. The van der Waals surface area contributed by atoms with Gasteiger partial charge in [-0.3, -0.25) is 19.7 Å². The molecule has 0 radical (unpaired) electrons. The van der Waals surface area contributed by atoms with E-state index in [-0.39, 0.29) is 23.8 Å². The van der Waals surface area contributed by atoms with Crippen molar-refractivity contribution in [1.29, 1.82) is 0 Å². The molecule has 0 bridgehead atoms. The Kier molecular flexibility index (Phi) is 7.94. The molecule has 9 nitrogen and oxygen atoms in total. The van der Waals surface area contributed by atoms with Crippen molar-refractivity contribution < 1.29 is 19.2 Å². The van der Waals surface area contributed by atoms with Crippen molar-refractivity contribution in [2.24, 2.45) is 5.10 Å². The maximum atomic E-state index is 12.3. The van der Waals surface area contributed by atoms with Gasteiger partial charge >= 0.3 is 0 Å². The number of aryl methyl sites for hydroxylation is 2. The van der Waals surface area contributed by atoms with Gasteiger partial charge in [-0.15, -0.1) is 0 Å². The molecule has 3 rings (SSSR count). The van der Waals surface area contributed by atoms with E-state index >= 15 is 0 Å². The minimum atomic E-state index is -0.628. The summed E-state index contributed by atoms with van der Waals surface area (Å²) in [6.45, 7) is 3.69. The molecule has 0 heterocycles. The Morgan fingerprint density at radius 3 is 2.62 bits per heavy atom. The van der Waals surface area contributed by atoms with Gasteiger partial charge in [-0.2, -0.15) is 5.10 Å². The van der Waals surface area contributed by atoms with Crippen LogP contribution >= 0.6 is 11.6 Å². The van der Waals surface area contributed by atoms with Gasteiger partial charge < -0.3 is 10.1 Å². The molecule has 0 atom stereocenters. The molecule has 3 aromatic carbocycles. The van der Waals surface area contributed by atoms with Crippen LogP contribution in [0, 0.1) is 24.0 Å². The topological polar surface area (TPSA) is 123 Å². The van der Waals surface area contributed by atoms with Crippen molar-refractivity contribution in [2.45, 2.75) is 13.8 Å². The zero-order valence-corrected chi connectivity index (χ0v) is 19.1. The molecule has 3 aromatic rings. The Bertz CT molecular complexity index is 1280. The second-order valence-electron chi connectivity index (χ2n) is 7.32. The van der Waals surface area contributed by atoms with Gasteiger partial charge in [0.25, 0.3) is 17.5 Å². The molecule has 0 unspecified atom stereocenters. The summed E-state index contributed by atoms with van der Waals surface area (Å²) in [7, 11) is 0. The van der Waals surface area contributed by atoms with Crippen LogP contribution in [0.25, 0.3) is 0 Å². The number of hydrogen-bond donors (Lipinski definition) is 2. The zero-order chi connectivity index (χ0) is 24.7. The van der Waals surface area contributed by atoms with E-state index in [1.807, 2.05) is 32.0 Å². The summed E-state index contributed by atoms with van der Waals surface area (Å²) in [6.07, 6.45) is 1.30. The summed E-state index contributed by atoms with van der Waals surface area (Å²) in [5.41, 5.74) is 5.44. The molecule has 0 aliphatic carbocycles. The van der Waals surface area contributed by atoms with Gasteiger partial charge in [0.15, 0.2) is 6.61 Å². The minimum Gasteiger partial charge on any atom is -0.483 e. The molecule has 34 heavy (non-hydrogen) atoms. The second-order valence-corrected chi connectivity index (χ2v) is 7.76. The van der Waals surface area contributed by atoms with Crippen molar-refractivity contribution >= 4 is 41.0 Å². The van der Waals surface area contributed by atoms with Crippen molar-refractivity contribution in [1.82, 2.24) is 5.43 Å². The third-order valence-corrected chi connectivity index (χ3v) is 5.05. The van der Waals surface area contributed by atoms with Crippen LogP contribution in [0.5, 0.6) is 5.75 Å². The maximum Gasteiger partial charge on any atom is 0.271 e. The van der Waals surface area contributed by atoms with E-state index in [4.69, 9.17) is 16.3 Å². The Balaban J connectivity index is 1.63. The normalized spacial score (nSPS) is 10.7. The summed E-state index contributed by atoms with van der Waals surface area (Å²) < 4.78 is 5.61. The van der Waals surface area contributed by atoms with Crippen LogP contribution in [0.2, 0.25) is 5.02 Å². The fraction of sp³-hybridized carbons (Fsp3) is 0.125. The zero-order valence-electron chi connectivity index (χ0n) is 18.4. The lowest BCUT2D eigenvalue weighted by atomic mass is 10.1. The fourth-order valence-corrected chi connectivity index (χ4v) is 3.08. The Hall–Kier alpha value is -4.24. The molecule has 0 aromatic heterocycles. The van der Waals surface area contributed by atoms with Crippen molar-refractivity contribution in [2.75, 3.05) is 11.9 Å². The molecule has 2 N–H and O–H groups in total. The van der Waals surface area contributed by atoms with Gasteiger partial charge in [0.05, 0.1) is 11.1 Å². The molecule has 0 saturated carbocycles. The number of halogens is 1. The lowest BCUT2D eigenvalue weighted by molar-refractivity contribution is -0.384. The second kappa shape index (κ2) is 11.1. The number of non-ortho nitro benzene ring substituents is 1. The van der Waals surface area contributed by atoms with Gasteiger partial charge in [-0.1, -0.05) is 23.7 Å². The van der Waals surface area contributed by atoms with E-state index in [2.05, 4.69) is 15.8 Å². The molecule has 0 aliphatic rings. The van der Waals surface area contributed by atoms with Crippen LogP contribution in [0.15, 0.2) is 65.8 Å². The number of amides is 2. The number of ether oxygens (including phenoxy) is 1. The first-order valence-corrected chi connectivity index (χ1v) is 10.5. The molecule has 0 aliphatic heterocycles. The first-order chi connectivity index (χ1) is 16.2. The molecular weight excluding hydrogens is 460 g/mol. The number of hydrogen-bond acceptors (Lipinski definition) is 6. The number of carbonyl (C=O) groups is 2. The minimum absolute atomic E-state index is 0.0805. The lowest BCUT2D eigenvalue weighted by Crippen LogP contribution is -2.21. The van der Waals surface area contributed by atoms with Gasteiger partial charge in [0.2, 0.25) is 0 Å². The third kappa shape index (κ3) is 6.63. The fourth-order valence-electron chi connectivity index (χ4n) is 2.90. The highest BCUT2D eigenvalue weighted by atomic mass is 35.5. The molecule has 0 spiro atoms. The first kappa shape index (κ1) is 24.4. The SMILES string of the molecule is Cc1ccc(NC(=O)COc2ccc(Cl)cc2/C=N/NC(=O)c2cccc([N+](=O)[O-])c2)cc1C. The maximum absolute atomic E-state index is 12.3. The molecule has 174 valence electrons. The number of hydrazone groups is 1. The van der Waals surface area contributed by atoms with Gasteiger partial charge in [0, 0.05) is 34.0 Å². The number of nitrogens with one attached hydrogen (secondary N) is 2. The molecule has 0 fully saturated rings. The Morgan fingerprint density at radius 2 is 1.88 bits per heavy atom. The number of nitro groups is 1. The number of nitrogens with zero attached hydrogens (tertiary/aromatic N) is 2. The highest BCUT2D eigenvalue weighted by Gasteiger charge is 2.11. The van der Waals surface area contributed by atoms with Crippen LogP contribution in [-0.4, -0.2) is 29.6 Å². The molecule has 10 heteroatoms. The summed E-state index contributed by atoms with van der Waals surface area (Å²) in [5.74, 6) is -0.648. The van der Waals surface area contributed by atoms with Crippen LogP contribution in [0.4, 0.5) is 11.4 Å². The quantitative estimate of drug-likeness (QED) is 0.276. The highest BCUT2D eigenvalue weighted by Crippen LogP contribution is 2.22. The van der Waals surface area contributed by atoms with E-state index in [0.29, 0.717) is 22.0 Å². The van der Waals surface area contributed by atoms with E-state index in [0.717, 1.165) is 17.2 Å². The number of anilines is 1. The number of nitro benzene ring substituents is 1. The van der Waals surface area contributed by atoms with E-state index in [1.54, 1.807) is 18.2 Å². The van der Waals surface area contributed by atoms with Crippen LogP contribution in [0.1, 0.15) is 27.0 Å². The largest absolute Gasteiger partial charge is 0.483 e. The number of carbonyl (C=O) groups excluding carboxylic acids is 2. The Morgan fingerprint density at radius 1 is 1.09 bits per heavy atom. The summed E-state index contributed by atoms with van der Waals surface area (Å²) in [5, 5.41) is 17.9. The standard InChI is InChI=1S/C24H21ClN4O5/c1-15-6-8-20(10-16(15)2)27-23(30)14-34-22-9-7-19(25)11-18(22)13-26-28-24(31)17-4-3-5-21(12-17)29(32)33/h3-13H,14H2,1-2H3,(H,27,30)(H,28,31)/b26-13+. The third-order valence-electron chi connectivity index (χ3n) is 4.81. The smallest absolute Gasteiger partial charge is 0.271 e. The van der Waals surface area contributed by atoms with Crippen LogP contribution in [-0.2, 0) is 4.79 Å². The van der Waals surface area contributed by atoms with Gasteiger partial charge in [-0.05, 0) is 61.4 Å². The number of rotatable bonds is 8. The Labute approximate surface area is 200 Å². The van der Waals surface area contributed by atoms with Crippen molar-refractivity contribution in [3.05, 3.63) is 98.1 Å². The lowest BCUT2D eigenvalue weighted by Gasteiger charge is -2.11. The predicted octanol–water partition coefficient (Wildman–Crippen LogP) is 4.65. The number of benzene rings is 3. The van der Waals surface area contributed by atoms with E-state index < -0.39 is 10.8 Å². The van der Waals surface area contributed by atoms with Crippen molar-refractivity contribution in [3.8, 4) is 5.75 Å². The van der Waals surface area contributed by atoms with Gasteiger partial charge in [0.1, 0.15) is 5.75 Å². The average Bonchev–Trinajstić information content (AvgIpc) is 2.81. The first-order valence-electron chi connectivity index (χ1n) is 10.1. The molecule has 2 amide bonds.